The maximum atomic E-state index is 14.3. The van der Waals surface area contributed by atoms with Crippen molar-refractivity contribution in [3.8, 4) is 22.5 Å². The quantitative estimate of drug-likeness (QED) is 0.647. The Morgan fingerprint density at radius 3 is 2.54 bits per heavy atom. The summed E-state index contributed by atoms with van der Waals surface area (Å²) in [6.45, 7) is 1.84. The van der Waals surface area contributed by atoms with Gasteiger partial charge in [-0.15, -0.1) is 22.8 Å². The van der Waals surface area contributed by atoms with E-state index < -0.39 is 0 Å². The fourth-order valence-corrected chi connectivity index (χ4v) is 2.84. The van der Waals surface area contributed by atoms with Crippen molar-refractivity contribution in [1.82, 2.24) is 15.2 Å². The molecule has 0 atom stereocenters. The molecule has 3 rings (SSSR count). The lowest BCUT2D eigenvalue weighted by atomic mass is 9.99. The van der Waals surface area contributed by atoms with Gasteiger partial charge in [-0.25, -0.2) is 4.39 Å². The van der Waals surface area contributed by atoms with Crippen molar-refractivity contribution < 1.29 is 4.39 Å². The van der Waals surface area contributed by atoms with Crippen molar-refractivity contribution in [2.24, 2.45) is 0 Å². The molecule has 0 aliphatic rings. The molecule has 2 aromatic heterocycles. The summed E-state index contributed by atoms with van der Waals surface area (Å²) in [6.07, 6.45) is 3.46. The van der Waals surface area contributed by atoms with Gasteiger partial charge in [0, 0.05) is 22.2 Å². The Morgan fingerprint density at radius 2 is 1.88 bits per heavy atom. The molecule has 0 saturated heterocycles. The lowest BCUT2D eigenvalue weighted by Crippen LogP contribution is -2.01. The fraction of sp³-hybridized carbons (Fsp3) is 0.0556. The molecular weight excluding hydrogens is 345 g/mol. The zero-order valence-electron chi connectivity index (χ0n) is 12.7. The lowest BCUT2D eigenvalue weighted by Gasteiger charge is -2.15. The molecule has 0 saturated carbocycles. The molecule has 0 spiro atoms. The van der Waals surface area contributed by atoms with Gasteiger partial charge in [0.2, 0.25) is 0 Å². The van der Waals surface area contributed by atoms with Crippen molar-refractivity contribution in [3.63, 3.8) is 0 Å². The number of benzene rings is 1. The van der Waals surface area contributed by atoms with Crippen molar-refractivity contribution in [3.05, 3.63) is 71.3 Å². The molecule has 1 aromatic carbocycles. The number of aromatic nitrogens is 3. The SMILES string of the molecule is C/C=C(\S)c1c(-c2ccccc2F)nnc(Cl)c1-c1ccccn1. The highest BCUT2D eigenvalue weighted by Crippen LogP contribution is 2.39. The molecule has 0 aliphatic carbocycles. The molecule has 3 aromatic rings. The second-order valence-electron chi connectivity index (χ2n) is 4.96. The van der Waals surface area contributed by atoms with Crippen LogP contribution in [0.15, 0.2) is 54.7 Å². The van der Waals surface area contributed by atoms with Gasteiger partial charge in [0.1, 0.15) is 11.5 Å². The molecule has 0 bridgehead atoms. The number of hydrogen-bond acceptors (Lipinski definition) is 4. The summed E-state index contributed by atoms with van der Waals surface area (Å²) in [5.74, 6) is -0.389. The topological polar surface area (TPSA) is 38.7 Å². The van der Waals surface area contributed by atoms with Gasteiger partial charge in [0.25, 0.3) is 0 Å². The number of thiol groups is 1. The van der Waals surface area contributed by atoms with E-state index in [-0.39, 0.29) is 11.0 Å². The highest BCUT2D eigenvalue weighted by molar-refractivity contribution is 7.90. The van der Waals surface area contributed by atoms with Gasteiger partial charge in [-0.3, -0.25) is 4.98 Å². The van der Waals surface area contributed by atoms with E-state index in [1.807, 2.05) is 19.1 Å². The Morgan fingerprint density at radius 1 is 1.12 bits per heavy atom. The van der Waals surface area contributed by atoms with E-state index >= 15 is 0 Å². The van der Waals surface area contributed by atoms with Crippen LogP contribution in [-0.4, -0.2) is 15.2 Å². The Kier molecular flexibility index (Phi) is 4.92. The predicted molar refractivity (Wildman–Crippen MR) is 98.3 cm³/mol. The van der Waals surface area contributed by atoms with Gasteiger partial charge in [-0.05, 0) is 31.2 Å². The van der Waals surface area contributed by atoms with Gasteiger partial charge in [-0.1, -0.05) is 35.9 Å². The smallest absolute Gasteiger partial charge is 0.161 e. The number of hydrogen-bond donors (Lipinski definition) is 1. The molecule has 0 fully saturated rings. The third-order valence-corrected chi connectivity index (χ3v) is 4.26. The first-order valence-electron chi connectivity index (χ1n) is 7.21. The Labute approximate surface area is 149 Å². The largest absolute Gasteiger partial charge is 0.256 e. The Hall–Kier alpha value is -2.24. The third-order valence-electron chi connectivity index (χ3n) is 3.51. The van der Waals surface area contributed by atoms with Gasteiger partial charge in [-0.2, -0.15) is 0 Å². The van der Waals surface area contributed by atoms with Gasteiger partial charge in [0.05, 0.1) is 11.3 Å². The van der Waals surface area contributed by atoms with Crippen LogP contribution in [0.1, 0.15) is 12.5 Å². The summed E-state index contributed by atoms with van der Waals surface area (Å²) < 4.78 is 14.3. The molecule has 120 valence electrons. The summed E-state index contributed by atoms with van der Waals surface area (Å²) >= 11 is 10.8. The molecule has 6 heteroatoms. The second kappa shape index (κ2) is 7.11. The van der Waals surface area contributed by atoms with Crippen LogP contribution in [0.5, 0.6) is 0 Å². The van der Waals surface area contributed by atoms with Crippen molar-refractivity contribution >= 4 is 29.1 Å². The minimum atomic E-state index is -0.389. The second-order valence-corrected chi connectivity index (χ2v) is 5.80. The molecular formula is C18H13ClFN3S. The van der Waals surface area contributed by atoms with Gasteiger partial charge >= 0.3 is 0 Å². The maximum Gasteiger partial charge on any atom is 0.161 e. The van der Waals surface area contributed by atoms with Crippen LogP contribution in [-0.2, 0) is 0 Å². The van der Waals surface area contributed by atoms with E-state index in [9.17, 15) is 4.39 Å². The average molecular weight is 358 g/mol. The summed E-state index contributed by atoms with van der Waals surface area (Å²) in [5.41, 5.74) is 2.51. The summed E-state index contributed by atoms with van der Waals surface area (Å²) in [7, 11) is 0. The highest BCUT2D eigenvalue weighted by atomic mass is 35.5. The van der Waals surface area contributed by atoms with E-state index in [0.717, 1.165) is 0 Å². The molecule has 0 amide bonds. The van der Waals surface area contributed by atoms with E-state index in [1.54, 1.807) is 36.5 Å². The van der Waals surface area contributed by atoms with E-state index in [2.05, 4.69) is 27.8 Å². The van der Waals surface area contributed by atoms with E-state index in [4.69, 9.17) is 11.6 Å². The molecule has 0 unspecified atom stereocenters. The fourth-order valence-electron chi connectivity index (χ4n) is 2.40. The first kappa shape index (κ1) is 16.6. The molecule has 0 N–H and O–H groups in total. The predicted octanol–water partition coefficient (Wildman–Crippen LogP) is 5.29. The summed E-state index contributed by atoms with van der Waals surface area (Å²) in [5, 5.41) is 8.31. The minimum Gasteiger partial charge on any atom is -0.256 e. The number of halogens is 2. The maximum absolute atomic E-state index is 14.3. The molecule has 0 radical (unpaired) electrons. The summed E-state index contributed by atoms with van der Waals surface area (Å²) in [4.78, 5) is 4.95. The van der Waals surface area contributed by atoms with Crippen LogP contribution in [0.4, 0.5) is 4.39 Å². The average Bonchev–Trinajstić information content (AvgIpc) is 2.62. The zero-order valence-corrected chi connectivity index (χ0v) is 14.4. The van der Waals surface area contributed by atoms with Crippen LogP contribution >= 0.6 is 24.2 Å². The van der Waals surface area contributed by atoms with Crippen LogP contribution in [0.2, 0.25) is 5.15 Å². The number of rotatable bonds is 3. The normalized spacial score (nSPS) is 11.6. The van der Waals surface area contributed by atoms with Crippen molar-refractivity contribution in [1.29, 1.82) is 0 Å². The number of pyridine rings is 1. The monoisotopic (exact) mass is 357 g/mol. The third kappa shape index (κ3) is 3.05. The molecule has 0 aliphatic heterocycles. The number of allylic oxidation sites excluding steroid dienone is 1. The first-order valence-corrected chi connectivity index (χ1v) is 8.04. The van der Waals surface area contributed by atoms with Crippen LogP contribution in [0.3, 0.4) is 0 Å². The van der Waals surface area contributed by atoms with E-state index in [0.29, 0.717) is 33.0 Å². The Bertz CT molecular complexity index is 913. The van der Waals surface area contributed by atoms with Gasteiger partial charge in [0.15, 0.2) is 5.15 Å². The van der Waals surface area contributed by atoms with Crippen LogP contribution in [0.25, 0.3) is 27.4 Å². The Balaban J connectivity index is 2.39. The molecule has 24 heavy (non-hydrogen) atoms. The van der Waals surface area contributed by atoms with Gasteiger partial charge < -0.3 is 0 Å². The van der Waals surface area contributed by atoms with E-state index in [1.165, 1.54) is 6.07 Å². The lowest BCUT2D eigenvalue weighted by molar-refractivity contribution is 0.630. The van der Waals surface area contributed by atoms with Crippen molar-refractivity contribution in [2.75, 3.05) is 0 Å². The molecule has 3 nitrogen and oxygen atoms in total. The van der Waals surface area contributed by atoms with Crippen molar-refractivity contribution in [2.45, 2.75) is 6.92 Å². The minimum absolute atomic E-state index is 0.192. The van der Waals surface area contributed by atoms with Crippen LogP contribution < -0.4 is 0 Å². The van der Waals surface area contributed by atoms with Crippen LogP contribution in [0, 0.1) is 5.82 Å². The zero-order chi connectivity index (χ0) is 17.1. The standard InChI is InChI=1S/C18H13ClFN3S/c1-2-14(24)16-15(13-9-5-6-10-21-13)18(19)23-22-17(16)11-7-3-4-8-12(11)20/h2-10,24H,1H3/b14-2-. The molecule has 2 heterocycles. The summed E-state index contributed by atoms with van der Waals surface area (Å²) in [6, 6.07) is 11.9. The number of nitrogens with zero attached hydrogens (tertiary/aromatic N) is 3. The first-order chi connectivity index (χ1) is 11.6. The highest BCUT2D eigenvalue weighted by Gasteiger charge is 2.22.